The van der Waals surface area contributed by atoms with E-state index in [0.717, 1.165) is 55.4 Å². The van der Waals surface area contributed by atoms with Crippen molar-refractivity contribution < 1.29 is 14.4 Å². The Morgan fingerprint density at radius 3 is 2.30 bits per heavy atom. The summed E-state index contributed by atoms with van der Waals surface area (Å²) in [5.74, 6) is 0.331. The summed E-state index contributed by atoms with van der Waals surface area (Å²) in [7, 11) is 0. The standard InChI is InChI=1S/C45H48N6O3/c1-4-35(28-34(31-14-7-5-8-15-31)29-46-45(54)33-16-9-6-10-17-33)50-25-23-32(24-26-50)41(52)43-47-38-20-13-18-36(40(38)49-43)42(53)44-48-37-19-11-12-21-39(37)51(44)27-22-30(2)3/h5-22,32,34-35H,4,23-29H2,1-3H3,(H,46,54)(H,47,49). The molecule has 0 spiro atoms. The number of piperidine rings is 1. The van der Waals surface area contributed by atoms with E-state index in [1.165, 1.54) is 5.56 Å². The predicted molar refractivity (Wildman–Crippen MR) is 214 cm³/mol. The summed E-state index contributed by atoms with van der Waals surface area (Å²) in [5.41, 5.74) is 6.24. The minimum atomic E-state index is -0.225. The number of allylic oxidation sites excluding steroid dienone is 2. The van der Waals surface area contributed by atoms with Crippen molar-refractivity contribution in [3.05, 3.63) is 143 Å². The molecule has 2 N–H and O–H groups in total. The largest absolute Gasteiger partial charge is 0.351 e. The third-order valence-corrected chi connectivity index (χ3v) is 10.8. The lowest BCUT2D eigenvalue weighted by Crippen LogP contribution is -2.44. The summed E-state index contributed by atoms with van der Waals surface area (Å²) in [5, 5.41) is 3.18. The number of H-pyrrole nitrogens is 1. The molecule has 1 amide bonds. The lowest BCUT2D eigenvalue weighted by atomic mass is 9.87. The quantitative estimate of drug-likeness (QED) is 0.0864. The van der Waals surface area contributed by atoms with Crippen molar-refractivity contribution in [3.8, 4) is 0 Å². The first-order chi connectivity index (χ1) is 26.3. The third kappa shape index (κ3) is 7.96. The smallest absolute Gasteiger partial charge is 0.251 e. The molecule has 6 aromatic rings. The highest BCUT2D eigenvalue weighted by Crippen LogP contribution is 2.30. The summed E-state index contributed by atoms with van der Waals surface area (Å²) < 4.78 is 1.95. The Kier molecular flexibility index (Phi) is 11.2. The summed E-state index contributed by atoms with van der Waals surface area (Å²) in [6, 6.07) is 33.3. The van der Waals surface area contributed by atoms with Crippen LogP contribution < -0.4 is 5.32 Å². The van der Waals surface area contributed by atoms with Gasteiger partial charge in [0.05, 0.1) is 22.1 Å². The first-order valence-electron chi connectivity index (χ1n) is 19.1. The average molecular weight is 721 g/mol. The van der Waals surface area contributed by atoms with Crippen LogP contribution in [0.5, 0.6) is 0 Å². The second kappa shape index (κ2) is 16.6. The molecule has 9 nitrogen and oxygen atoms in total. The first kappa shape index (κ1) is 36.7. The molecule has 0 aliphatic carbocycles. The van der Waals surface area contributed by atoms with Gasteiger partial charge in [0.1, 0.15) is 5.52 Å². The van der Waals surface area contributed by atoms with Crippen molar-refractivity contribution in [1.29, 1.82) is 0 Å². The number of carbonyl (C=O) groups excluding carboxylic acids is 3. The van der Waals surface area contributed by atoms with Gasteiger partial charge in [0.15, 0.2) is 11.6 Å². The number of rotatable bonds is 14. The fourth-order valence-corrected chi connectivity index (χ4v) is 7.75. The molecule has 3 heterocycles. The topological polar surface area (TPSA) is 113 Å². The highest BCUT2D eigenvalue weighted by molar-refractivity contribution is 6.15. The monoisotopic (exact) mass is 720 g/mol. The van der Waals surface area contributed by atoms with E-state index in [-0.39, 0.29) is 29.3 Å². The van der Waals surface area contributed by atoms with Crippen LogP contribution >= 0.6 is 0 Å². The number of para-hydroxylation sites is 3. The molecule has 4 aromatic carbocycles. The Balaban J connectivity index is 1.04. The number of carbonyl (C=O) groups is 3. The van der Waals surface area contributed by atoms with Gasteiger partial charge in [-0.05, 0) is 94.6 Å². The highest BCUT2D eigenvalue weighted by atomic mass is 16.2. The third-order valence-electron chi connectivity index (χ3n) is 10.8. The van der Waals surface area contributed by atoms with Crippen LogP contribution in [-0.4, -0.2) is 67.6 Å². The van der Waals surface area contributed by atoms with Gasteiger partial charge in [-0.1, -0.05) is 85.3 Å². The molecule has 0 bridgehead atoms. The minimum Gasteiger partial charge on any atom is -0.351 e. The van der Waals surface area contributed by atoms with Crippen LogP contribution in [0.25, 0.3) is 22.1 Å². The van der Waals surface area contributed by atoms with Crippen LogP contribution in [0.15, 0.2) is 115 Å². The molecule has 276 valence electrons. The van der Waals surface area contributed by atoms with E-state index in [4.69, 9.17) is 9.97 Å². The molecule has 54 heavy (non-hydrogen) atoms. The molecular weight excluding hydrogens is 673 g/mol. The minimum absolute atomic E-state index is 0.0149. The highest BCUT2D eigenvalue weighted by Gasteiger charge is 2.32. The maximum absolute atomic E-state index is 14.1. The number of ketones is 2. The van der Waals surface area contributed by atoms with Crippen molar-refractivity contribution in [1.82, 2.24) is 29.7 Å². The Bertz CT molecular complexity index is 2280. The summed E-state index contributed by atoms with van der Waals surface area (Å²) in [6.45, 7) is 8.97. The maximum atomic E-state index is 14.1. The van der Waals surface area contributed by atoms with E-state index in [0.29, 0.717) is 52.9 Å². The Morgan fingerprint density at radius 1 is 0.870 bits per heavy atom. The number of aromatic nitrogens is 4. The normalized spacial score (nSPS) is 14.9. The molecule has 0 saturated carbocycles. The Morgan fingerprint density at radius 2 is 1.57 bits per heavy atom. The zero-order valence-corrected chi connectivity index (χ0v) is 31.3. The van der Waals surface area contributed by atoms with Crippen molar-refractivity contribution >= 4 is 39.5 Å². The van der Waals surface area contributed by atoms with Crippen molar-refractivity contribution in [2.45, 2.75) is 65.0 Å². The second-order valence-corrected chi connectivity index (χ2v) is 14.6. The summed E-state index contributed by atoms with van der Waals surface area (Å²) >= 11 is 0. The molecule has 2 aromatic heterocycles. The van der Waals surface area contributed by atoms with Gasteiger partial charge in [0, 0.05) is 36.5 Å². The molecular formula is C45H48N6O3. The lowest BCUT2D eigenvalue weighted by Gasteiger charge is -2.38. The number of amides is 1. The van der Waals surface area contributed by atoms with Gasteiger partial charge < -0.3 is 19.8 Å². The van der Waals surface area contributed by atoms with Gasteiger partial charge in [0.25, 0.3) is 5.91 Å². The molecule has 9 heteroatoms. The van der Waals surface area contributed by atoms with Gasteiger partial charge in [-0.2, -0.15) is 0 Å². The molecule has 1 aliphatic heterocycles. The van der Waals surface area contributed by atoms with Crippen LogP contribution in [0.2, 0.25) is 0 Å². The molecule has 0 radical (unpaired) electrons. The first-order valence-corrected chi connectivity index (χ1v) is 19.1. The SMILES string of the molecule is CCC(CC(CNC(=O)c1ccccc1)c1ccccc1)N1CCC(C(=O)c2nc3c(C(=O)c4nc5ccccc5n4CC=C(C)C)cccc3[nH]2)CC1. The van der Waals surface area contributed by atoms with Crippen LogP contribution in [0, 0.1) is 5.92 Å². The van der Waals surface area contributed by atoms with E-state index in [1.54, 1.807) is 6.07 Å². The van der Waals surface area contributed by atoms with Crippen LogP contribution in [0.1, 0.15) is 95.1 Å². The molecule has 7 rings (SSSR count). The number of benzene rings is 4. The number of aromatic amines is 1. The van der Waals surface area contributed by atoms with Crippen LogP contribution in [0.3, 0.4) is 0 Å². The predicted octanol–water partition coefficient (Wildman–Crippen LogP) is 8.39. The fraction of sp³-hybridized carbons (Fsp3) is 0.311. The number of nitrogens with one attached hydrogen (secondary N) is 2. The van der Waals surface area contributed by atoms with Gasteiger partial charge >= 0.3 is 0 Å². The van der Waals surface area contributed by atoms with E-state index in [2.05, 4.69) is 52.5 Å². The van der Waals surface area contributed by atoms with Crippen molar-refractivity contribution in [2.24, 2.45) is 5.92 Å². The number of hydrogen-bond acceptors (Lipinski definition) is 6. The Hall–Kier alpha value is -5.67. The summed E-state index contributed by atoms with van der Waals surface area (Å²) in [6.07, 6.45) is 5.41. The van der Waals surface area contributed by atoms with Crippen LogP contribution in [-0.2, 0) is 6.54 Å². The van der Waals surface area contributed by atoms with Gasteiger partial charge in [-0.25, -0.2) is 9.97 Å². The fourth-order valence-electron chi connectivity index (χ4n) is 7.75. The van der Waals surface area contributed by atoms with Crippen molar-refractivity contribution in [3.63, 3.8) is 0 Å². The number of imidazole rings is 2. The number of likely N-dealkylation sites (tertiary alicyclic amines) is 1. The van der Waals surface area contributed by atoms with Crippen LogP contribution in [0.4, 0.5) is 0 Å². The number of fused-ring (bicyclic) bond motifs is 2. The number of hydrogen-bond donors (Lipinski definition) is 2. The molecule has 1 aliphatic rings. The number of Topliss-reactive ketones (excluding diaryl/α,β-unsaturated/α-hetero) is 1. The molecule has 1 saturated heterocycles. The number of nitrogens with zero attached hydrogens (tertiary/aromatic N) is 4. The van der Waals surface area contributed by atoms with E-state index < -0.39 is 0 Å². The zero-order chi connectivity index (χ0) is 37.6. The average Bonchev–Trinajstić information content (AvgIpc) is 3.82. The zero-order valence-electron chi connectivity index (χ0n) is 31.3. The van der Waals surface area contributed by atoms with Gasteiger partial charge in [-0.15, -0.1) is 0 Å². The van der Waals surface area contributed by atoms with E-state index in [9.17, 15) is 14.4 Å². The molecule has 2 atom stereocenters. The van der Waals surface area contributed by atoms with E-state index in [1.807, 2.05) is 91.2 Å². The second-order valence-electron chi connectivity index (χ2n) is 14.6. The Labute approximate surface area is 316 Å². The van der Waals surface area contributed by atoms with Crippen molar-refractivity contribution in [2.75, 3.05) is 19.6 Å². The molecule has 1 fully saturated rings. The summed E-state index contributed by atoms with van der Waals surface area (Å²) in [4.78, 5) is 56.3. The van der Waals surface area contributed by atoms with E-state index >= 15 is 0 Å². The molecule has 2 unspecified atom stereocenters. The lowest BCUT2D eigenvalue weighted by molar-refractivity contribution is 0.0760. The van der Waals surface area contributed by atoms with Gasteiger partial charge in [0.2, 0.25) is 11.6 Å². The maximum Gasteiger partial charge on any atom is 0.251 e. The van der Waals surface area contributed by atoms with Gasteiger partial charge in [-0.3, -0.25) is 14.4 Å².